The van der Waals surface area contributed by atoms with Gasteiger partial charge in [0.15, 0.2) is 0 Å². The lowest BCUT2D eigenvalue weighted by atomic mass is 10.2. The van der Waals surface area contributed by atoms with Crippen molar-refractivity contribution in [2.45, 2.75) is 25.3 Å². The standard InChI is InChI=1S/C11H14FNOS/c1-7(2)11(14)13-6-8-5-9(15)3-4-10(8)12/h3-5,7,15H,6H2,1-2H3,(H,13,14). The van der Waals surface area contributed by atoms with E-state index in [1.54, 1.807) is 26.0 Å². The van der Waals surface area contributed by atoms with Gasteiger partial charge in [-0.3, -0.25) is 4.79 Å². The maximum Gasteiger partial charge on any atom is 0.222 e. The van der Waals surface area contributed by atoms with Crippen LogP contribution in [0.2, 0.25) is 0 Å². The van der Waals surface area contributed by atoms with E-state index < -0.39 is 0 Å². The molecule has 1 aromatic carbocycles. The quantitative estimate of drug-likeness (QED) is 0.763. The lowest BCUT2D eigenvalue weighted by Gasteiger charge is -2.08. The van der Waals surface area contributed by atoms with Crippen molar-refractivity contribution in [2.75, 3.05) is 0 Å². The monoisotopic (exact) mass is 227 g/mol. The Morgan fingerprint density at radius 2 is 2.20 bits per heavy atom. The van der Waals surface area contributed by atoms with Gasteiger partial charge in [0.2, 0.25) is 5.91 Å². The Morgan fingerprint density at radius 3 is 2.80 bits per heavy atom. The fourth-order valence-corrected chi connectivity index (χ4v) is 1.31. The van der Waals surface area contributed by atoms with Crippen molar-refractivity contribution in [3.05, 3.63) is 29.6 Å². The molecule has 2 nitrogen and oxygen atoms in total. The van der Waals surface area contributed by atoms with E-state index in [0.717, 1.165) is 0 Å². The van der Waals surface area contributed by atoms with Gasteiger partial charge in [0.25, 0.3) is 0 Å². The minimum atomic E-state index is -0.322. The second-order valence-corrected chi connectivity index (χ2v) is 4.16. The molecule has 1 amide bonds. The Labute approximate surface area is 94.3 Å². The van der Waals surface area contributed by atoms with Crippen LogP contribution in [0, 0.1) is 11.7 Å². The number of carbonyl (C=O) groups is 1. The Kier molecular flexibility index (Phi) is 4.15. The summed E-state index contributed by atoms with van der Waals surface area (Å²) in [6.07, 6.45) is 0. The summed E-state index contributed by atoms with van der Waals surface area (Å²) in [7, 11) is 0. The Balaban J connectivity index is 2.65. The van der Waals surface area contributed by atoms with Crippen LogP contribution in [0.3, 0.4) is 0 Å². The third-order valence-corrected chi connectivity index (χ3v) is 2.28. The number of thiol groups is 1. The number of hydrogen-bond acceptors (Lipinski definition) is 2. The second-order valence-electron chi connectivity index (χ2n) is 3.65. The SMILES string of the molecule is CC(C)C(=O)NCc1cc(S)ccc1F. The minimum Gasteiger partial charge on any atom is -0.352 e. The molecule has 0 aliphatic carbocycles. The molecule has 0 saturated carbocycles. The topological polar surface area (TPSA) is 29.1 Å². The minimum absolute atomic E-state index is 0.0843. The average Bonchev–Trinajstić information content (AvgIpc) is 2.18. The molecular formula is C11H14FNOS. The maximum absolute atomic E-state index is 13.2. The van der Waals surface area contributed by atoms with Crippen LogP contribution < -0.4 is 5.32 Å². The number of hydrogen-bond donors (Lipinski definition) is 2. The summed E-state index contributed by atoms with van der Waals surface area (Å²) < 4.78 is 13.2. The van der Waals surface area contributed by atoms with E-state index in [-0.39, 0.29) is 24.2 Å². The van der Waals surface area contributed by atoms with Gasteiger partial charge >= 0.3 is 0 Å². The number of carbonyl (C=O) groups excluding carboxylic acids is 1. The van der Waals surface area contributed by atoms with E-state index in [1.165, 1.54) is 6.07 Å². The van der Waals surface area contributed by atoms with E-state index in [1.807, 2.05) is 0 Å². The Bertz CT molecular complexity index is 366. The van der Waals surface area contributed by atoms with E-state index >= 15 is 0 Å². The zero-order valence-corrected chi connectivity index (χ0v) is 9.64. The summed E-state index contributed by atoms with van der Waals surface area (Å²) in [5.41, 5.74) is 0.455. The zero-order chi connectivity index (χ0) is 11.4. The van der Waals surface area contributed by atoms with Crippen molar-refractivity contribution in [3.63, 3.8) is 0 Å². The third-order valence-electron chi connectivity index (χ3n) is 2.01. The molecule has 0 spiro atoms. The molecule has 15 heavy (non-hydrogen) atoms. The highest BCUT2D eigenvalue weighted by Crippen LogP contribution is 2.13. The number of nitrogens with one attached hydrogen (secondary N) is 1. The first-order valence-electron chi connectivity index (χ1n) is 4.76. The zero-order valence-electron chi connectivity index (χ0n) is 8.75. The van der Waals surface area contributed by atoms with Crippen molar-refractivity contribution in [2.24, 2.45) is 5.92 Å². The molecule has 0 atom stereocenters. The lowest BCUT2D eigenvalue weighted by molar-refractivity contribution is -0.124. The first kappa shape index (κ1) is 12.0. The molecule has 4 heteroatoms. The van der Waals surface area contributed by atoms with Crippen molar-refractivity contribution < 1.29 is 9.18 Å². The number of rotatable bonds is 3. The Hall–Kier alpha value is -1.03. The van der Waals surface area contributed by atoms with Gasteiger partial charge in [-0.1, -0.05) is 13.8 Å². The summed E-state index contributed by atoms with van der Waals surface area (Å²) in [4.78, 5) is 11.9. The van der Waals surface area contributed by atoms with Crippen molar-refractivity contribution in [1.29, 1.82) is 0 Å². The summed E-state index contributed by atoms with van der Waals surface area (Å²) in [5.74, 6) is -0.497. The highest BCUT2D eigenvalue weighted by molar-refractivity contribution is 7.80. The summed E-state index contributed by atoms with van der Waals surface area (Å²) >= 11 is 4.11. The molecule has 1 aromatic rings. The smallest absolute Gasteiger partial charge is 0.222 e. The van der Waals surface area contributed by atoms with Gasteiger partial charge in [-0.25, -0.2) is 4.39 Å². The number of halogens is 1. The molecule has 0 unspecified atom stereocenters. The maximum atomic E-state index is 13.2. The predicted molar refractivity (Wildman–Crippen MR) is 60.3 cm³/mol. The molecular weight excluding hydrogens is 213 g/mol. The van der Waals surface area contributed by atoms with Gasteiger partial charge in [-0.15, -0.1) is 12.6 Å². The Morgan fingerprint density at radius 1 is 1.53 bits per heavy atom. The molecule has 0 saturated heterocycles. The first-order chi connectivity index (χ1) is 7.00. The van der Waals surface area contributed by atoms with Crippen LogP contribution in [0.1, 0.15) is 19.4 Å². The van der Waals surface area contributed by atoms with Gasteiger partial charge in [0.1, 0.15) is 5.82 Å². The summed E-state index contributed by atoms with van der Waals surface area (Å²) in [6, 6.07) is 4.53. The van der Waals surface area contributed by atoms with Crippen molar-refractivity contribution in [1.82, 2.24) is 5.32 Å². The van der Waals surface area contributed by atoms with Crippen LogP contribution in [-0.4, -0.2) is 5.91 Å². The molecule has 0 aromatic heterocycles. The molecule has 1 N–H and O–H groups in total. The second kappa shape index (κ2) is 5.16. The van der Waals surface area contributed by atoms with E-state index in [9.17, 15) is 9.18 Å². The molecule has 0 aliphatic heterocycles. The number of benzene rings is 1. The molecule has 0 bridgehead atoms. The predicted octanol–water partition coefficient (Wildman–Crippen LogP) is 2.39. The van der Waals surface area contributed by atoms with Crippen LogP contribution in [0.5, 0.6) is 0 Å². The highest BCUT2D eigenvalue weighted by Gasteiger charge is 2.08. The third kappa shape index (κ3) is 3.55. The van der Waals surface area contributed by atoms with Crippen LogP contribution in [-0.2, 0) is 11.3 Å². The largest absolute Gasteiger partial charge is 0.352 e. The fourth-order valence-electron chi connectivity index (χ4n) is 1.08. The normalized spacial score (nSPS) is 10.5. The van der Waals surface area contributed by atoms with E-state index in [0.29, 0.717) is 10.5 Å². The van der Waals surface area contributed by atoms with Crippen molar-refractivity contribution in [3.8, 4) is 0 Å². The fraction of sp³-hybridized carbons (Fsp3) is 0.364. The van der Waals surface area contributed by atoms with Crippen LogP contribution in [0.4, 0.5) is 4.39 Å². The summed E-state index contributed by atoms with van der Waals surface area (Å²) in [5, 5.41) is 2.65. The van der Waals surface area contributed by atoms with Gasteiger partial charge in [0.05, 0.1) is 0 Å². The molecule has 0 aliphatic rings. The molecule has 0 radical (unpaired) electrons. The van der Waals surface area contributed by atoms with Crippen LogP contribution in [0.15, 0.2) is 23.1 Å². The van der Waals surface area contributed by atoms with Gasteiger partial charge in [-0.05, 0) is 18.2 Å². The van der Waals surface area contributed by atoms with Crippen LogP contribution >= 0.6 is 12.6 Å². The first-order valence-corrected chi connectivity index (χ1v) is 5.20. The molecule has 82 valence electrons. The summed E-state index contributed by atoms with van der Waals surface area (Å²) in [6.45, 7) is 3.79. The molecule has 1 rings (SSSR count). The van der Waals surface area contributed by atoms with E-state index in [4.69, 9.17) is 0 Å². The van der Waals surface area contributed by atoms with Gasteiger partial charge in [-0.2, -0.15) is 0 Å². The van der Waals surface area contributed by atoms with Crippen LogP contribution in [0.25, 0.3) is 0 Å². The van der Waals surface area contributed by atoms with Crippen molar-refractivity contribution >= 4 is 18.5 Å². The van der Waals surface area contributed by atoms with Gasteiger partial charge in [0, 0.05) is 22.9 Å². The molecule has 0 fully saturated rings. The average molecular weight is 227 g/mol. The van der Waals surface area contributed by atoms with E-state index in [2.05, 4.69) is 17.9 Å². The highest BCUT2D eigenvalue weighted by atomic mass is 32.1. The molecule has 0 heterocycles. The lowest BCUT2D eigenvalue weighted by Crippen LogP contribution is -2.27. The number of amides is 1. The van der Waals surface area contributed by atoms with Gasteiger partial charge < -0.3 is 5.32 Å².